The Balaban J connectivity index is 1.69. The number of carbonyl (C=O) groups is 2. The van der Waals surface area contributed by atoms with Crippen LogP contribution in [0.25, 0.3) is 11.1 Å². The molecule has 1 aliphatic heterocycles. The fraction of sp³-hybridized carbons (Fsp3) is 0.259. The topological polar surface area (TPSA) is 121 Å². The fourth-order valence-electron chi connectivity index (χ4n) is 4.90. The van der Waals surface area contributed by atoms with E-state index < -0.39 is 68.0 Å². The predicted molar refractivity (Wildman–Crippen MR) is 133 cm³/mol. The number of carboxylic acid groups (broad SMARTS) is 1. The molecule has 2 N–H and O–H groups in total. The molecule has 0 spiro atoms. The zero-order valence-electron chi connectivity index (χ0n) is 20.9. The molecule has 2 aliphatic rings. The van der Waals surface area contributed by atoms with E-state index in [2.05, 4.69) is 0 Å². The highest BCUT2D eigenvalue weighted by Gasteiger charge is 2.42. The van der Waals surface area contributed by atoms with Gasteiger partial charge in [0.2, 0.25) is 0 Å². The van der Waals surface area contributed by atoms with Crippen LogP contribution in [-0.4, -0.2) is 43.0 Å². The maximum atomic E-state index is 14.1. The van der Waals surface area contributed by atoms with E-state index in [0.717, 1.165) is 34.6 Å². The number of fused-ring (bicyclic) bond motifs is 4. The smallest absolute Gasteiger partial charge is 0.416 e. The van der Waals surface area contributed by atoms with Crippen molar-refractivity contribution in [2.75, 3.05) is 10.8 Å². The summed E-state index contributed by atoms with van der Waals surface area (Å²) in [6.45, 7) is 2.34. The van der Waals surface area contributed by atoms with Gasteiger partial charge >= 0.3 is 12.1 Å². The molecule has 0 fully saturated rings. The number of rotatable bonds is 5. The van der Waals surface area contributed by atoms with Crippen molar-refractivity contribution in [3.8, 4) is 22.6 Å². The van der Waals surface area contributed by atoms with Gasteiger partial charge in [0.15, 0.2) is 5.78 Å². The molecule has 0 amide bonds. The second-order valence-electron chi connectivity index (χ2n) is 10.2. The molecule has 0 unspecified atom stereocenters. The highest BCUT2D eigenvalue weighted by molar-refractivity contribution is 7.92. The highest BCUT2D eigenvalue weighted by atomic mass is 32.2. The van der Waals surface area contributed by atoms with Crippen LogP contribution >= 0.6 is 0 Å². The fourth-order valence-corrected chi connectivity index (χ4v) is 6.44. The second kappa shape index (κ2) is 8.95. The van der Waals surface area contributed by atoms with Crippen molar-refractivity contribution in [3.63, 3.8) is 0 Å². The Kier molecular flexibility index (Phi) is 6.14. The summed E-state index contributed by atoms with van der Waals surface area (Å²) in [5.41, 5.74) is -2.84. The molecular weight excluding hydrogens is 558 g/mol. The molecule has 0 aromatic heterocycles. The van der Waals surface area contributed by atoms with Crippen molar-refractivity contribution in [2.24, 2.45) is 5.41 Å². The van der Waals surface area contributed by atoms with Crippen LogP contribution in [0.5, 0.6) is 11.5 Å². The summed E-state index contributed by atoms with van der Waals surface area (Å²) in [5, 5.41) is 19.8. The van der Waals surface area contributed by atoms with Crippen LogP contribution in [0.15, 0.2) is 53.4 Å². The monoisotopic (exact) mass is 579 g/mol. The van der Waals surface area contributed by atoms with Crippen LogP contribution < -0.4 is 9.04 Å². The molecule has 1 aliphatic carbocycles. The number of phenols is 1. The standard InChI is InChI=1S/C27H21F4NO7S/c1-26(2,25(35)36)11-15-12-32(40(37,38)16-5-3-4-13(6-16)27(29,30)31)20-9-17-18-7-14(28)8-21(33)23(18)24(34)19(17)10-22(20)39-15/h3-10,15,33H,11-12H2,1-2H3,(H,35,36)/t15-/m0/s1. The average molecular weight is 580 g/mol. The lowest BCUT2D eigenvalue weighted by Crippen LogP contribution is -2.46. The number of anilines is 1. The number of nitrogens with zero attached hydrogens (tertiary/aromatic N) is 1. The molecule has 210 valence electrons. The largest absolute Gasteiger partial charge is 0.507 e. The Morgan fingerprint density at radius 2 is 1.77 bits per heavy atom. The molecule has 13 heteroatoms. The highest BCUT2D eigenvalue weighted by Crippen LogP contribution is 2.49. The summed E-state index contributed by atoms with van der Waals surface area (Å²) in [5.74, 6) is -3.48. The lowest BCUT2D eigenvalue weighted by Gasteiger charge is -2.38. The van der Waals surface area contributed by atoms with E-state index in [-0.39, 0.29) is 40.1 Å². The molecular formula is C27H21F4NO7S. The molecule has 8 nitrogen and oxygen atoms in total. The summed E-state index contributed by atoms with van der Waals surface area (Å²) in [7, 11) is -4.69. The predicted octanol–water partition coefficient (Wildman–Crippen LogP) is 5.22. The lowest BCUT2D eigenvalue weighted by molar-refractivity contribution is -0.148. The Labute approximate surface area is 225 Å². The van der Waals surface area contributed by atoms with Crippen molar-refractivity contribution in [1.29, 1.82) is 0 Å². The maximum Gasteiger partial charge on any atom is 0.416 e. The number of aliphatic carboxylic acids is 1. The molecule has 0 saturated heterocycles. The van der Waals surface area contributed by atoms with Gasteiger partial charge in [-0.15, -0.1) is 0 Å². The van der Waals surface area contributed by atoms with Crippen LogP contribution in [0.3, 0.4) is 0 Å². The van der Waals surface area contributed by atoms with Crippen LogP contribution in [0.4, 0.5) is 23.2 Å². The number of carboxylic acids is 1. The van der Waals surface area contributed by atoms with Gasteiger partial charge in [-0.3, -0.25) is 13.9 Å². The van der Waals surface area contributed by atoms with E-state index in [0.29, 0.717) is 6.07 Å². The lowest BCUT2D eigenvalue weighted by atomic mass is 9.86. The van der Waals surface area contributed by atoms with Gasteiger partial charge in [-0.2, -0.15) is 13.2 Å². The van der Waals surface area contributed by atoms with Crippen LogP contribution in [-0.2, 0) is 21.0 Å². The van der Waals surface area contributed by atoms with Crippen LogP contribution in [0.1, 0.15) is 41.8 Å². The molecule has 1 atom stereocenters. The molecule has 3 aromatic carbocycles. The van der Waals surface area contributed by atoms with Crippen molar-refractivity contribution in [1.82, 2.24) is 0 Å². The van der Waals surface area contributed by atoms with Crippen LogP contribution in [0, 0.1) is 11.2 Å². The van der Waals surface area contributed by atoms with E-state index in [1.165, 1.54) is 26.0 Å². The van der Waals surface area contributed by atoms with Gasteiger partial charge in [0.05, 0.1) is 33.7 Å². The van der Waals surface area contributed by atoms with Gasteiger partial charge in [-0.05, 0) is 55.8 Å². The van der Waals surface area contributed by atoms with E-state index in [1.807, 2.05) is 0 Å². The number of aromatic hydroxyl groups is 1. The van der Waals surface area contributed by atoms with Crippen LogP contribution in [0.2, 0.25) is 0 Å². The third-order valence-electron chi connectivity index (χ3n) is 6.94. The molecule has 1 heterocycles. The summed E-state index contributed by atoms with van der Waals surface area (Å²) in [4.78, 5) is 24.2. The number of ketones is 1. The first-order valence-electron chi connectivity index (χ1n) is 11.9. The van der Waals surface area contributed by atoms with Crippen molar-refractivity contribution >= 4 is 27.5 Å². The minimum absolute atomic E-state index is 0.00542. The zero-order valence-corrected chi connectivity index (χ0v) is 21.7. The first-order chi connectivity index (χ1) is 18.5. The third-order valence-corrected chi connectivity index (χ3v) is 8.72. The molecule has 5 rings (SSSR count). The summed E-state index contributed by atoms with van der Waals surface area (Å²) in [6.07, 6.45) is -6.07. The normalized spacial score (nSPS) is 16.7. The molecule has 40 heavy (non-hydrogen) atoms. The number of hydrogen-bond acceptors (Lipinski definition) is 6. The van der Waals surface area contributed by atoms with E-state index >= 15 is 0 Å². The number of phenolic OH excluding ortho intramolecular Hbond substituents is 1. The van der Waals surface area contributed by atoms with Crippen molar-refractivity contribution < 1.29 is 50.5 Å². The number of hydrogen-bond donors (Lipinski definition) is 2. The number of ether oxygens (including phenoxy) is 1. The average Bonchev–Trinajstić information content (AvgIpc) is 3.12. The molecule has 0 bridgehead atoms. The summed E-state index contributed by atoms with van der Waals surface area (Å²) >= 11 is 0. The molecule has 3 aromatic rings. The Bertz CT molecular complexity index is 1700. The van der Waals surface area contributed by atoms with Gasteiger partial charge in [-0.1, -0.05) is 6.07 Å². The first-order valence-corrected chi connectivity index (χ1v) is 13.3. The van der Waals surface area contributed by atoms with E-state index in [9.17, 15) is 45.8 Å². The van der Waals surface area contributed by atoms with Crippen molar-refractivity contribution in [3.05, 3.63) is 71.0 Å². The quantitative estimate of drug-likeness (QED) is 0.311. The summed E-state index contributed by atoms with van der Waals surface area (Å²) < 4.78 is 88.7. The third kappa shape index (κ3) is 4.43. The van der Waals surface area contributed by atoms with Gasteiger partial charge in [-0.25, -0.2) is 12.8 Å². The summed E-state index contributed by atoms with van der Waals surface area (Å²) in [6, 6.07) is 7.35. The SMILES string of the molecule is CC(C)(C[C@H]1CN(S(=O)(=O)c2cccc(C(F)(F)F)c2)c2cc3c(cc2O1)C(=O)c1c(O)cc(F)cc1-3)C(=O)O. The zero-order chi connectivity index (χ0) is 29.4. The second-order valence-corrected chi connectivity index (χ2v) is 12.1. The minimum atomic E-state index is -4.82. The Hall–Kier alpha value is -4.13. The first kappa shape index (κ1) is 27.4. The van der Waals surface area contributed by atoms with E-state index in [1.54, 1.807) is 0 Å². The Morgan fingerprint density at radius 1 is 1.07 bits per heavy atom. The molecule has 0 radical (unpaired) electrons. The van der Waals surface area contributed by atoms with Gasteiger partial charge in [0.1, 0.15) is 23.4 Å². The number of carbonyl (C=O) groups excluding carboxylic acids is 1. The number of benzene rings is 3. The van der Waals surface area contributed by atoms with E-state index in [4.69, 9.17) is 4.74 Å². The van der Waals surface area contributed by atoms with Gasteiger partial charge in [0.25, 0.3) is 10.0 Å². The molecule has 0 saturated carbocycles. The van der Waals surface area contributed by atoms with Crippen molar-refractivity contribution in [2.45, 2.75) is 37.4 Å². The van der Waals surface area contributed by atoms with Gasteiger partial charge < -0.3 is 14.9 Å². The number of halogens is 4. The minimum Gasteiger partial charge on any atom is -0.507 e. The maximum absolute atomic E-state index is 14.1. The number of alkyl halides is 3. The van der Waals surface area contributed by atoms with Gasteiger partial charge in [0, 0.05) is 23.6 Å². The number of sulfonamides is 1. The Morgan fingerprint density at radius 3 is 2.42 bits per heavy atom.